The monoisotopic (exact) mass is 406 g/mol. The van der Waals surface area contributed by atoms with Crippen molar-refractivity contribution in [2.75, 3.05) is 18.5 Å². The van der Waals surface area contributed by atoms with Crippen LogP contribution in [0.2, 0.25) is 5.02 Å². The van der Waals surface area contributed by atoms with Crippen molar-refractivity contribution >= 4 is 46.5 Å². The zero-order valence-electron chi connectivity index (χ0n) is 14.0. The lowest BCUT2D eigenvalue weighted by molar-refractivity contribution is -0.383. The summed E-state index contributed by atoms with van der Waals surface area (Å²) in [4.78, 5) is 10.5. The first-order chi connectivity index (χ1) is 13.0. The van der Waals surface area contributed by atoms with Gasteiger partial charge in [-0.3, -0.25) is 15.5 Å². The molecule has 10 heteroatoms. The van der Waals surface area contributed by atoms with Crippen molar-refractivity contribution in [3.63, 3.8) is 0 Å². The molecule has 0 amide bonds. The van der Waals surface area contributed by atoms with E-state index < -0.39 is 4.92 Å². The number of rotatable bonds is 4. The van der Waals surface area contributed by atoms with E-state index in [0.29, 0.717) is 35.3 Å². The van der Waals surface area contributed by atoms with Gasteiger partial charge in [0.15, 0.2) is 16.6 Å². The summed E-state index contributed by atoms with van der Waals surface area (Å²) in [5, 5.41) is 18.3. The summed E-state index contributed by atoms with van der Waals surface area (Å²) in [5.74, 6) is 1.08. The number of hydrogen-bond donors (Lipinski definition) is 2. The summed E-state index contributed by atoms with van der Waals surface area (Å²) in [6.45, 7) is 1.10. The van der Waals surface area contributed by atoms with Crippen molar-refractivity contribution in [1.29, 1.82) is 0 Å². The molecule has 0 aromatic heterocycles. The number of anilines is 1. The molecule has 8 nitrogen and oxygen atoms in total. The van der Waals surface area contributed by atoms with Crippen LogP contribution in [0.1, 0.15) is 12.0 Å². The molecule has 1 aliphatic heterocycles. The number of thiocarbonyl (C=S) groups is 1. The Morgan fingerprint density at radius 1 is 1.30 bits per heavy atom. The Kier molecular flexibility index (Phi) is 6.05. The van der Waals surface area contributed by atoms with E-state index in [-0.39, 0.29) is 16.5 Å². The molecule has 2 aromatic carbocycles. The van der Waals surface area contributed by atoms with Gasteiger partial charge >= 0.3 is 0 Å². The molecule has 0 bridgehead atoms. The fraction of sp³-hybridized carbons (Fsp3) is 0.176. The van der Waals surface area contributed by atoms with E-state index in [9.17, 15) is 10.1 Å². The predicted molar refractivity (Wildman–Crippen MR) is 107 cm³/mol. The Bertz CT molecular complexity index is 906. The Labute approximate surface area is 165 Å². The minimum Gasteiger partial charge on any atom is -0.489 e. The normalized spacial score (nSPS) is 13.1. The molecule has 2 N–H and O–H groups in total. The Morgan fingerprint density at radius 3 is 2.89 bits per heavy atom. The van der Waals surface area contributed by atoms with Crippen molar-refractivity contribution in [2.45, 2.75) is 6.42 Å². The number of nitrogens with one attached hydrogen (secondary N) is 2. The number of nitro benzene ring substituents is 1. The SMILES string of the molecule is O=[N+]([O-])c1ccccc1NC(=S)N/N=C\c1cc(Cl)c2c(c1)OCCCO2. The molecule has 0 saturated heterocycles. The minimum absolute atomic E-state index is 0.0830. The van der Waals surface area contributed by atoms with Gasteiger partial charge in [0, 0.05) is 12.5 Å². The maximum atomic E-state index is 11.0. The van der Waals surface area contributed by atoms with Crippen LogP contribution in [0.5, 0.6) is 11.5 Å². The van der Waals surface area contributed by atoms with Gasteiger partial charge in [-0.15, -0.1) is 0 Å². The first-order valence-electron chi connectivity index (χ1n) is 7.97. The summed E-state index contributed by atoms with van der Waals surface area (Å²) in [5.41, 5.74) is 3.48. The van der Waals surface area contributed by atoms with E-state index in [4.69, 9.17) is 33.3 Å². The molecule has 140 valence electrons. The second-order valence-electron chi connectivity index (χ2n) is 5.48. The first-order valence-corrected chi connectivity index (χ1v) is 8.76. The number of hydrogen-bond acceptors (Lipinski definition) is 6. The van der Waals surface area contributed by atoms with Crippen LogP contribution in [-0.2, 0) is 0 Å². The lowest BCUT2D eigenvalue weighted by Gasteiger charge is -2.10. The Hall–Kier alpha value is -2.91. The molecule has 1 heterocycles. The van der Waals surface area contributed by atoms with E-state index in [1.165, 1.54) is 12.3 Å². The number of nitro groups is 1. The average Bonchev–Trinajstić information content (AvgIpc) is 2.88. The fourth-order valence-corrected chi connectivity index (χ4v) is 2.82. The van der Waals surface area contributed by atoms with Crippen LogP contribution in [0.15, 0.2) is 41.5 Å². The molecule has 0 spiro atoms. The topological polar surface area (TPSA) is 98.0 Å². The fourth-order valence-electron chi connectivity index (χ4n) is 2.38. The third-order valence-corrected chi connectivity index (χ3v) is 4.03. The van der Waals surface area contributed by atoms with Gasteiger partial charge in [-0.2, -0.15) is 5.10 Å². The summed E-state index contributed by atoms with van der Waals surface area (Å²) < 4.78 is 11.2. The molecule has 0 fully saturated rings. The number of hydrazone groups is 1. The van der Waals surface area contributed by atoms with Gasteiger partial charge in [0.2, 0.25) is 0 Å². The van der Waals surface area contributed by atoms with Gasteiger partial charge in [0.1, 0.15) is 5.69 Å². The molecule has 27 heavy (non-hydrogen) atoms. The van der Waals surface area contributed by atoms with Gasteiger partial charge in [-0.05, 0) is 36.0 Å². The van der Waals surface area contributed by atoms with Gasteiger partial charge in [-0.25, -0.2) is 0 Å². The highest BCUT2D eigenvalue weighted by molar-refractivity contribution is 7.80. The summed E-state index contributed by atoms with van der Waals surface area (Å²) in [6.07, 6.45) is 2.29. The maximum absolute atomic E-state index is 11.0. The van der Waals surface area contributed by atoms with Crippen molar-refractivity contribution < 1.29 is 14.4 Å². The third-order valence-electron chi connectivity index (χ3n) is 3.55. The molecule has 0 aliphatic carbocycles. The van der Waals surface area contributed by atoms with Crippen LogP contribution in [0.25, 0.3) is 0 Å². The molecule has 0 atom stereocenters. The number of halogens is 1. The van der Waals surface area contributed by atoms with Gasteiger partial charge in [0.05, 0.1) is 29.4 Å². The zero-order valence-corrected chi connectivity index (χ0v) is 15.5. The quantitative estimate of drug-likeness (QED) is 0.345. The number of benzene rings is 2. The van der Waals surface area contributed by atoms with Gasteiger partial charge < -0.3 is 14.8 Å². The third kappa shape index (κ3) is 4.83. The highest BCUT2D eigenvalue weighted by Crippen LogP contribution is 2.37. The van der Waals surface area contributed by atoms with Crippen molar-refractivity contribution in [2.24, 2.45) is 5.10 Å². The van der Waals surface area contributed by atoms with Crippen molar-refractivity contribution in [3.05, 3.63) is 57.1 Å². The van der Waals surface area contributed by atoms with E-state index in [1.54, 1.807) is 30.3 Å². The van der Waals surface area contributed by atoms with Gasteiger partial charge in [-0.1, -0.05) is 23.7 Å². The average molecular weight is 407 g/mol. The first kappa shape index (κ1) is 18.9. The van der Waals surface area contributed by atoms with Crippen LogP contribution in [0.4, 0.5) is 11.4 Å². The Balaban J connectivity index is 1.66. The van der Waals surface area contributed by atoms with Gasteiger partial charge in [0.25, 0.3) is 5.69 Å². The van der Waals surface area contributed by atoms with Crippen LogP contribution < -0.4 is 20.2 Å². The Morgan fingerprint density at radius 2 is 2.07 bits per heavy atom. The summed E-state index contributed by atoms with van der Waals surface area (Å²) in [7, 11) is 0. The largest absolute Gasteiger partial charge is 0.489 e. The standard InChI is InChI=1S/C17H15ClN4O4S/c18-12-8-11(9-15-16(12)26-7-3-6-25-15)10-19-21-17(27)20-13-4-1-2-5-14(13)22(23)24/h1-2,4-5,8-10H,3,6-7H2,(H2,20,21,27)/b19-10-. The van der Waals surface area contributed by atoms with Crippen molar-refractivity contribution in [3.8, 4) is 11.5 Å². The van der Waals surface area contributed by atoms with Crippen LogP contribution in [-0.4, -0.2) is 29.5 Å². The molecule has 3 rings (SSSR count). The minimum atomic E-state index is -0.492. The molecular formula is C17H15ClN4O4S. The molecule has 0 saturated carbocycles. The van der Waals surface area contributed by atoms with Crippen LogP contribution in [0.3, 0.4) is 0 Å². The molecule has 2 aromatic rings. The van der Waals surface area contributed by atoms with E-state index in [2.05, 4.69) is 15.8 Å². The van der Waals surface area contributed by atoms with E-state index in [1.807, 2.05) is 0 Å². The zero-order chi connectivity index (χ0) is 19.2. The van der Waals surface area contributed by atoms with Crippen molar-refractivity contribution in [1.82, 2.24) is 5.43 Å². The molecular weight excluding hydrogens is 392 g/mol. The highest BCUT2D eigenvalue weighted by atomic mass is 35.5. The van der Waals surface area contributed by atoms with Crippen LogP contribution >= 0.6 is 23.8 Å². The summed E-state index contributed by atoms with van der Waals surface area (Å²) >= 11 is 11.3. The van der Waals surface area contributed by atoms with Crippen LogP contribution in [0, 0.1) is 10.1 Å². The van der Waals surface area contributed by atoms with E-state index >= 15 is 0 Å². The number of para-hydroxylation sites is 2. The second-order valence-corrected chi connectivity index (χ2v) is 6.29. The second kappa shape index (κ2) is 8.65. The number of nitrogens with zero attached hydrogens (tertiary/aromatic N) is 2. The lowest BCUT2D eigenvalue weighted by Crippen LogP contribution is -2.24. The highest BCUT2D eigenvalue weighted by Gasteiger charge is 2.15. The molecule has 0 radical (unpaired) electrons. The van der Waals surface area contributed by atoms with E-state index in [0.717, 1.165) is 6.42 Å². The predicted octanol–water partition coefficient (Wildman–Crippen LogP) is 3.73. The summed E-state index contributed by atoms with van der Waals surface area (Å²) in [6, 6.07) is 9.63. The smallest absolute Gasteiger partial charge is 0.292 e. The number of ether oxygens (including phenoxy) is 2. The molecule has 1 aliphatic rings. The lowest BCUT2D eigenvalue weighted by atomic mass is 10.2. The number of fused-ring (bicyclic) bond motifs is 1. The maximum Gasteiger partial charge on any atom is 0.292 e. The molecule has 0 unspecified atom stereocenters.